The van der Waals surface area contributed by atoms with E-state index in [1.54, 1.807) is 19.1 Å². The van der Waals surface area contributed by atoms with E-state index in [1.807, 2.05) is 0 Å². The third-order valence-corrected chi connectivity index (χ3v) is 1.49. The summed E-state index contributed by atoms with van der Waals surface area (Å²) in [6.07, 6.45) is 0. The van der Waals surface area contributed by atoms with Gasteiger partial charge < -0.3 is 0 Å². The molecule has 0 fully saturated rings. The molecule has 0 radical (unpaired) electrons. The van der Waals surface area contributed by atoms with Gasteiger partial charge in [-0.05, 0) is 19.1 Å². The molecule has 0 saturated carbocycles. The lowest BCUT2D eigenvalue weighted by Crippen LogP contribution is -1.95. The second-order valence-electron chi connectivity index (χ2n) is 2.13. The van der Waals surface area contributed by atoms with Crippen LogP contribution in [0.4, 0.5) is 0 Å². The molecule has 0 N–H and O–H groups in total. The molecule has 0 aliphatic carbocycles. The van der Waals surface area contributed by atoms with Gasteiger partial charge in [0.15, 0.2) is 5.15 Å². The van der Waals surface area contributed by atoms with E-state index in [4.69, 9.17) is 16.9 Å². The fourth-order valence-electron chi connectivity index (χ4n) is 0.623. The molecule has 56 valence electrons. The average molecular weight is 168 g/mol. The standard InChI is InChI=1S/C7H6ClN3/c1-5(4-9)6-2-3-7(8)11-10-6/h2-3,5H,1H3. The molecule has 0 aliphatic rings. The monoisotopic (exact) mass is 167 g/mol. The van der Waals surface area contributed by atoms with E-state index in [9.17, 15) is 0 Å². The summed E-state index contributed by atoms with van der Waals surface area (Å²) in [7, 11) is 0. The van der Waals surface area contributed by atoms with Gasteiger partial charge in [-0.15, -0.1) is 5.10 Å². The zero-order valence-corrected chi connectivity index (χ0v) is 6.71. The molecular weight excluding hydrogens is 162 g/mol. The van der Waals surface area contributed by atoms with Crippen molar-refractivity contribution in [3.05, 3.63) is 23.0 Å². The van der Waals surface area contributed by atoms with Crippen LogP contribution >= 0.6 is 11.6 Å². The summed E-state index contributed by atoms with van der Waals surface area (Å²) in [5.41, 5.74) is 0.650. The summed E-state index contributed by atoms with van der Waals surface area (Å²) in [6, 6.07) is 5.38. The van der Waals surface area contributed by atoms with Gasteiger partial charge in [0.2, 0.25) is 0 Å². The highest BCUT2D eigenvalue weighted by molar-refractivity contribution is 6.29. The van der Waals surface area contributed by atoms with Gasteiger partial charge in [-0.25, -0.2) is 0 Å². The number of hydrogen-bond donors (Lipinski definition) is 0. The van der Waals surface area contributed by atoms with Gasteiger partial charge in [-0.2, -0.15) is 10.4 Å². The molecule has 3 nitrogen and oxygen atoms in total. The largest absolute Gasteiger partial charge is 0.198 e. The van der Waals surface area contributed by atoms with Crippen molar-refractivity contribution < 1.29 is 0 Å². The molecule has 1 unspecified atom stereocenters. The first-order valence-corrected chi connectivity index (χ1v) is 3.50. The van der Waals surface area contributed by atoms with Crippen molar-refractivity contribution >= 4 is 11.6 Å². The van der Waals surface area contributed by atoms with Crippen LogP contribution in [-0.2, 0) is 0 Å². The first-order chi connectivity index (χ1) is 5.24. The van der Waals surface area contributed by atoms with Crippen molar-refractivity contribution in [2.24, 2.45) is 0 Å². The predicted molar refractivity (Wildman–Crippen MR) is 41.1 cm³/mol. The van der Waals surface area contributed by atoms with Crippen LogP contribution < -0.4 is 0 Å². The zero-order valence-electron chi connectivity index (χ0n) is 5.95. The fourth-order valence-corrected chi connectivity index (χ4v) is 0.724. The Bertz CT molecular complexity index is 275. The van der Waals surface area contributed by atoms with E-state index < -0.39 is 0 Å². The zero-order chi connectivity index (χ0) is 8.27. The van der Waals surface area contributed by atoms with Crippen molar-refractivity contribution in [3.8, 4) is 6.07 Å². The Kier molecular flexibility index (Phi) is 2.40. The molecule has 0 bridgehead atoms. The third-order valence-electron chi connectivity index (χ3n) is 1.29. The maximum atomic E-state index is 8.51. The third kappa shape index (κ3) is 1.89. The van der Waals surface area contributed by atoms with Gasteiger partial charge in [0.1, 0.15) is 0 Å². The Morgan fingerprint density at radius 2 is 2.27 bits per heavy atom. The lowest BCUT2D eigenvalue weighted by atomic mass is 10.1. The van der Waals surface area contributed by atoms with Crippen molar-refractivity contribution in [3.63, 3.8) is 0 Å². The lowest BCUT2D eigenvalue weighted by Gasteiger charge is -1.97. The second kappa shape index (κ2) is 3.31. The van der Waals surface area contributed by atoms with E-state index >= 15 is 0 Å². The minimum absolute atomic E-state index is 0.222. The van der Waals surface area contributed by atoms with E-state index in [1.165, 1.54) is 0 Å². The van der Waals surface area contributed by atoms with Gasteiger partial charge in [-0.3, -0.25) is 0 Å². The second-order valence-corrected chi connectivity index (χ2v) is 2.52. The number of aromatic nitrogens is 2. The number of halogens is 1. The van der Waals surface area contributed by atoms with Crippen molar-refractivity contribution in [1.82, 2.24) is 10.2 Å². The number of hydrogen-bond acceptors (Lipinski definition) is 3. The quantitative estimate of drug-likeness (QED) is 0.641. The first-order valence-electron chi connectivity index (χ1n) is 3.13. The minimum Gasteiger partial charge on any atom is -0.198 e. The Hall–Kier alpha value is -1.14. The van der Waals surface area contributed by atoms with Crippen molar-refractivity contribution in [2.75, 3.05) is 0 Å². The van der Waals surface area contributed by atoms with E-state index in [0.29, 0.717) is 10.8 Å². The van der Waals surface area contributed by atoms with Gasteiger partial charge in [-0.1, -0.05) is 11.6 Å². The molecule has 0 aliphatic heterocycles. The maximum absolute atomic E-state index is 8.51. The van der Waals surface area contributed by atoms with Crippen LogP contribution in [0, 0.1) is 11.3 Å². The molecule has 1 aromatic heterocycles. The molecule has 11 heavy (non-hydrogen) atoms. The molecule has 0 saturated heterocycles. The van der Waals surface area contributed by atoms with Crippen LogP contribution in [0.25, 0.3) is 0 Å². The number of nitriles is 1. The van der Waals surface area contributed by atoms with Crippen LogP contribution in [0.1, 0.15) is 18.5 Å². The topological polar surface area (TPSA) is 49.6 Å². The highest BCUT2D eigenvalue weighted by Gasteiger charge is 2.04. The highest BCUT2D eigenvalue weighted by atomic mass is 35.5. The normalized spacial score (nSPS) is 12.1. The molecule has 0 amide bonds. The predicted octanol–water partition coefficient (Wildman–Crippen LogP) is 1.76. The Morgan fingerprint density at radius 3 is 2.73 bits per heavy atom. The minimum atomic E-state index is -0.222. The van der Waals surface area contributed by atoms with Gasteiger partial charge in [0, 0.05) is 0 Å². The molecule has 0 aromatic carbocycles. The van der Waals surface area contributed by atoms with Crippen LogP contribution in [0.2, 0.25) is 5.15 Å². The number of nitrogens with zero attached hydrogens (tertiary/aromatic N) is 3. The Morgan fingerprint density at radius 1 is 1.55 bits per heavy atom. The fraction of sp³-hybridized carbons (Fsp3) is 0.286. The van der Waals surface area contributed by atoms with Gasteiger partial charge in [0.05, 0.1) is 17.7 Å². The molecular formula is C7H6ClN3. The summed E-state index contributed by atoms with van der Waals surface area (Å²) in [6.45, 7) is 1.76. The Balaban J connectivity index is 2.92. The SMILES string of the molecule is CC(C#N)c1ccc(Cl)nn1. The molecule has 0 spiro atoms. The summed E-state index contributed by atoms with van der Waals surface area (Å²) in [5, 5.41) is 16.2. The summed E-state index contributed by atoms with van der Waals surface area (Å²) in [5.74, 6) is -0.222. The maximum Gasteiger partial charge on any atom is 0.151 e. The Labute approximate surface area is 69.6 Å². The summed E-state index contributed by atoms with van der Waals surface area (Å²) >= 11 is 5.50. The lowest BCUT2D eigenvalue weighted by molar-refractivity contribution is 0.856. The van der Waals surface area contributed by atoms with Crippen LogP contribution in [0.5, 0.6) is 0 Å². The molecule has 1 heterocycles. The van der Waals surface area contributed by atoms with Gasteiger partial charge in [0.25, 0.3) is 0 Å². The van der Waals surface area contributed by atoms with E-state index in [2.05, 4.69) is 16.3 Å². The van der Waals surface area contributed by atoms with E-state index in [0.717, 1.165) is 0 Å². The van der Waals surface area contributed by atoms with Crippen LogP contribution in [0.3, 0.4) is 0 Å². The number of rotatable bonds is 1. The van der Waals surface area contributed by atoms with Crippen molar-refractivity contribution in [2.45, 2.75) is 12.8 Å². The smallest absolute Gasteiger partial charge is 0.151 e. The molecule has 1 aromatic rings. The molecule has 1 rings (SSSR count). The summed E-state index contributed by atoms with van der Waals surface area (Å²) in [4.78, 5) is 0. The van der Waals surface area contributed by atoms with E-state index in [-0.39, 0.29) is 5.92 Å². The van der Waals surface area contributed by atoms with Crippen molar-refractivity contribution in [1.29, 1.82) is 5.26 Å². The summed E-state index contributed by atoms with van der Waals surface area (Å²) < 4.78 is 0. The average Bonchev–Trinajstić information content (AvgIpc) is 2.05. The molecule has 4 heteroatoms. The van der Waals surface area contributed by atoms with Crippen LogP contribution in [0.15, 0.2) is 12.1 Å². The molecule has 1 atom stereocenters. The van der Waals surface area contributed by atoms with Crippen LogP contribution in [-0.4, -0.2) is 10.2 Å². The highest BCUT2D eigenvalue weighted by Crippen LogP contribution is 2.11. The van der Waals surface area contributed by atoms with Gasteiger partial charge >= 0.3 is 0 Å². The first kappa shape index (κ1) is 7.96.